The predicted molar refractivity (Wildman–Crippen MR) is 75.9 cm³/mol. The Kier molecular flexibility index (Phi) is 3.77. The number of aromatic nitrogens is 4. The minimum atomic E-state index is -0.0289. The summed E-state index contributed by atoms with van der Waals surface area (Å²) in [5.74, 6) is 0.753. The molecule has 2 aromatic rings. The van der Waals surface area contributed by atoms with E-state index in [9.17, 15) is 4.79 Å². The lowest BCUT2D eigenvalue weighted by Gasteiger charge is -2.34. The van der Waals surface area contributed by atoms with Crippen molar-refractivity contribution in [3.63, 3.8) is 0 Å². The Morgan fingerprint density at radius 2 is 2.35 bits per heavy atom. The Labute approximate surface area is 124 Å². The number of amides is 1. The first kappa shape index (κ1) is 13.2. The molecule has 1 aliphatic heterocycles. The smallest absolute Gasteiger partial charge is 0.255 e. The maximum Gasteiger partial charge on any atom is 0.255 e. The fourth-order valence-electron chi connectivity index (χ4n) is 2.54. The maximum atomic E-state index is 12.7. The number of halogens is 1. The zero-order valence-corrected chi connectivity index (χ0v) is 12.4. The number of pyridine rings is 1. The third kappa shape index (κ3) is 2.45. The molecule has 1 atom stereocenters. The lowest BCUT2D eigenvalue weighted by molar-refractivity contribution is 0.0599. The molecular weight excluding hydrogens is 322 g/mol. The second kappa shape index (κ2) is 5.70. The molecule has 3 rings (SSSR count). The van der Waals surface area contributed by atoms with E-state index in [2.05, 4.69) is 36.1 Å². The monoisotopic (exact) mass is 335 g/mol. The fraction of sp³-hybridized carbons (Fsp3) is 0.385. The van der Waals surface area contributed by atoms with Crippen LogP contribution in [0.15, 0.2) is 29.3 Å². The van der Waals surface area contributed by atoms with Crippen LogP contribution in [0.25, 0.3) is 0 Å². The van der Waals surface area contributed by atoms with Crippen molar-refractivity contribution in [2.75, 3.05) is 6.54 Å². The van der Waals surface area contributed by atoms with E-state index < -0.39 is 0 Å². The normalized spacial score (nSPS) is 19.1. The van der Waals surface area contributed by atoms with Gasteiger partial charge in [0.1, 0.15) is 12.2 Å². The number of rotatable bonds is 2. The Bertz CT molecular complexity index is 601. The summed E-state index contributed by atoms with van der Waals surface area (Å²) in [6, 6.07) is 1.71. The van der Waals surface area contributed by atoms with Crippen LogP contribution in [0.5, 0.6) is 0 Å². The van der Waals surface area contributed by atoms with Crippen LogP contribution in [0.1, 0.15) is 41.5 Å². The lowest BCUT2D eigenvalue weighted by Crippen LogP contribution is -2.39. The first-order valence-electron chi connectivity index (χ1n) is 6.53. The van der Waals surface area contributed by atoms with E-state index in [-0.39, 0.29) is 11.9 Å². The molecule has 1 aliphatic rings. The average molecular weight is 336 g/mol. The highest BCUT2D eigenvalue weighted by Gasteiger charge is 2.31. The first-order chi connectivity index (χ1) is 9.77. The van der Waals surface area contributed by atoms with Gasteiger partial charge in [0.2, 0.25) is 0 Å². The second-order valence-corrected chi connectivity index (χ2v) is 5.59. The Hall–Kier alpha value is -1.76. The van der Waals surface area contributed by atoms with Gasteiger partial charge >= 0.3 is 0 Å². The number of H-pyrrole nitrogens is 1. The van der Waals surface area contributed by atoms with E-state index in [4.69, 9.17) is 0 Å². The van der Waals surface area contributed by atoms with Gasteiger partial charge in [0.15, 0.2) is 0 Å². The predicted octanol–water partition coefficient (Wildman–Crippen LogP) is 2.33. The van der Waals surface area contributed by atoms with Gasteiger partial charge in [-0.3, -0.25) is 14.9 Å². The van der Waals surface area contributed by atoms with E-state index in [0.29, 0.717) is 10.0 Å². The number of carbonyl (C=O) groups is 1. The number of likely N-dealkylation sites (tertiary alicyclic amines) is 1. The van der Waals surface area contributed by atoms with Crippen molar-refractivity contribution in [1.82, 2.24) is 25.1 Å². The van der Waals surface area contributed by atoms with Gasteiger partial charge in [-0.2, -0.15) is 5.10 Å². The third-order valence-corrected chi connectivity index (χ3v) is 4.15. The Morgan fingerprint density at radius 3 is 3.10 bits per heavy atom. The molecular formula is C13H14BrN5O. The van der Waals surface area contributed by atoms with Crippen LogP contribution in [-0.4, -0.2) is 37.5 Å². The van der Waals surface area contributed by atoms with Gasteiger partial charge < -0.3 is 4.90 Å². The van der Waals surface area contributed by atoms with E-state index in [1.54, 1.807) is 18.5 Å². The largest absolute Gasteiger partial charge is 0.328 e. The number of hydrogen-bond donors (Lipinski definition) is 1. The molecule has 0 bridgehead atoms. The van der Waals surface area contributed by atoms with Crippen LogP contribution in [-0.2, 0) is 0 Å². The summed E-state index contributed by atoms with van der Waals surface area (Å²) < 4.78 is 0.715. The van der Waals surface area contributed by atoms with Gasteiger partial charge in [-0.1, -0.05) is 0 Å². The lowest BCUT2D eigenvalue weighted by atomic mass is 10.0. The third-order valence-electron chi connectivity index (χ3n) is 3.52. The molecule has 1 fully saturated rings. The van der Waals surface area contributed by atoms with E-state index in [1.807, 2.05) is 4.90 Å². The highest BCUT2D eigenvalue weighted by atomic mass is 79.9. The van der Waals surface area contributed by atoms with E-state index in [1.165, 1.54) is 6.33 Å². The fourth-order valence-corrected chi connectivity index (χ4v) is 2.96. The summed E-state index contributed by atoms with van der Waals surface area (Å²) in [6.07, 6.45) is 7.76. The van der Waals surface area contributed by atoms with Crippen molar-refractivity contribution < 1.29 is 4.79 Å². The van der Waals surface area contributed by atoms with Gasteiger partial charge in [0, 0.05) is 23.4 Å². The highest BCUT2D eigenvalue weighted by molar-refractivity contribution is 9.10. The van der Waals surface area contributed by atoms with Gasteiger partial charge in [-0.25, -0.2) is 4.98 Å². The van der Waals surface area contributed by atoms with Crippen LogP contribution in [0.2, 0.25) is 0 Å². The molecule has 0 unspecified atom stereocenters. The summed E-state index contributed by atoms with van der Waals surface area (Å²) >= 11 is 3.39. The summed E-state index contributed by atoms with van der Waals surface area (Å²) in [7, 11) is 0. The summed E-state index contributed by atoms with van der Waals surface area (Å²) in [6.45, 7) is 0.735. The Morgan fingerprint density at radius 1 is 1.45 bits per heavy atom. The maximum absolute atomic E-state index is 12.7. The van der Waals surface area contributed by atoms with Gasteiger partial charge in [-0.05, 0) is 41.3 Å². The zero-order chi connectivity index (χ0) is 13.9. The van der Waals surface area contributed by atoms with E-state index >= 15 is 0 Å². The van der Waals surface area contributed by atoms with Crippen LogP contribution in [0.3, 0.4) is 0 Å². The van der Waals surface area contributed by atoms with Crippen molar-refractivity contribution >= 4 is 21.8 Å². The quantitative estimate of drug-likeness (QED) is 0.913. The molecule has 1 saturated heterocycles. The number of nitrogens with zero attached hydrogens (tertiary/aromatic N) is 4. The molecule has 2 aromatic heterocycles. The standard InChI is InChI=1S/C13H14BrN5O/c14-10-7-15-5-4-9(10)13(20)19-6-2-1-3-11(19)12-16-8-17-18-12/h4-5,7-8,11H,1-3,6H2,(H,16,17,18)/t11-/m1/s1. The van der Waals surface area contributed by atoms with Crippen LogP contribution in [0, 0.1) is 0 Å². The topological polar surface area (TPSA) is 74.8 Å². The van der Waals surface area contributed by atoms with Crippen molar-refractivity contribution in [1.29, 1.82) is 0 Å². The van der Waals surface area contributed by atoms with Crippen molar-refractivity contribution in [2.45, 2.75) is 25.3 Å². The molecule has 0 aliphatic carbocycles. The Balaban J connectivity index is 1.90. The molecule has 0 aromatic carbocycles. The van der Waals surface area contributed by atoms with Crippen molar-refractivity contribution in [3.05, 3.63) is 40.6 Å². The first-order valence-corrected chi connectivity index (χ1v) is 7.32. The molecule has 6 nitrogen and oxygen atoms in total. The number of carbonyl (C=O) groups excluding carboxylic acids is 1. The van der Waals surface area contributed by atoms with Crippen molar-refractivity contribution in [2.24, 2.45) is 0 Å². The molecule has 0 saturated carbocycles. The summed E-state index contributed by atoms with van der Waals surface area (Å²) in [4.78, 5) is 22.8. The van der Waals surface area contributed by atoms with E-state index in [0.717, 1.165) is 31.6 Å². The minimum absolute atomic E-state index is 0.000347. The van der Waals surface area contributed by atoms with Gasteiger partial charge in [0.05, 0.1) is 11.6 Å². The molecule has 1 N–H and O–H groups in total. The molecule has 3 heterocycles. The number of piperidine rings is 1. The zero-order valence-electron chi connectivity index (χ0n) is 10.8. The van der Waals surface area contributed by atoms with Gasteiger partial charge in [-0.15, -0.1) is 0 Å². The number of aromatic amines is 1. The van der Waals surface area contributed by atoms with Crippen LogP contribution >= 0.6 is 15.9 Å². The molecule has 0 radical (unpaired) electrons. The number of hydrogen-bond acceptors (Lipinski definition) is 4. The molecule has 0 spiro atoms. The SMILES string of the molecule is O=C(c1ccncc1Br)N1CCCC[C@@H]1c1ncn[nH]1. The average Bonchev–Trinajstić information content (AvgIpc) is 3.01. The van der Waals surface area contributed by atoms with Crippen LogP contribution in [0.4, 0.5) is 0 Å². The molecule has 20 heavy (non-hydrogen) atoms. The molecule has 7 heteroatoms. The second-order valence-electron chi connectivity index (χ2n) is 4.74. The summed E-state index contributed by atoms with van der Waals surface area (Å²) in [5, 5.41) is 6.77. The summed E-state index contributed by atoms with van der Waals surface area (Å²) in [5.41, 5.74) is 0.631. The van der Waals surface area contributed by atoms with Crippen molar-refractivity contribution in [3.8, 4) is 0 Å². The molecule has 104 valence electrons. The molecule has 1 amide bonds. The number of nitrogens with one attached hydrogen (secondary N) is 1. The minimum Gasteiger partial charge on any atom is -0.328 e. The van der Waals surface area contributed by atoms with Gasteiger partial charge in [0.25, 0.3) is 5.91 Å². The van der Waals surface area contributed by atoms with Crippen LogP contribution < -0.4 is 0 Å². The highest BCUT2D eigenvalue weighted by Crippen LogP contribution is 2.31.